The SMILES string of the molecule is CC(=CCC(=O)O)C(N)=O. The number of hydrogen-bond donors (Lipinski definition) is 2. The fraction of sp³-hybridized carbons (Fsp3) is 0.333. The van der Waals surface area contributed by atoms with Gasteiger partial charge in [-0.25, -0.2) is 0 Å². The zero-order valence-electron chi connectivity index (χ0n) is 5.63. The normalized spacial score (nSPS) is 11.1. The molecule has 0 saturated carbocycles. The van der Waals surface area contributed by atoms with E-state index in [1.807, 2.05) is 0 Å². The van der Waals surface area contributed by atoms with Gasteiger partial charge in [-0.2, -0.15) is 0 Å². The van der Waals surface area contributed by atoms with Gasteiger partial charge in [0.2, 0.25) is 5.91 Å². The predicted octanol–water partition coefficient (Wildman–Crippen LogP) is -0.107. The maximum Gasteiger partial charge on any atom is 0.307 e. The minimum atomic E-state index is -0.972. The highest BCUT2D eigenvalue weighted by atomic mass is 16.4. The molecule has 0 unspecified atom stereocenters. The lowest BCUT2D eigenvalue weighted by molar-refractivity contribution is -0.136. The van der Waals surface area contributed by atoms with Crippen molar-refractivity contribution in [2.45, 2.75) is 13.3 Å². The maximum atomic E-state index is 10.3. The first-order valence-electron chi connectivity index (χ1n) is 2.72. The highest BCUT2D eigenvalue weighted by Crippen LogP contribution is 1.92. The number of primary amides is 1. The van der Waals surface area contributed by atoms with Gasteiger partial charge in [0.15, 0.2) is 0 Å². The Hall–Kier alpha value is -1.32. The van der Waals surface area contributed by atoms with Gasteiger partial charge in [-0.1, -0.05) is 6.08 Å². The van der Waals surface area contributed by atoms with Crippen molar-refractivity contribution in [3.05, 3.63) is 11.6 Å². The first kappa shape index (κ1) is 8.68. The number of nitrogens with two attached hydrogens (primary N) is 1. The second-order valence-electron chi connectivity index (χ2n) is 1.85. The second kappa shape index (κ2) is 3.66. The van der Waals surface area contributed by atoms with Crippen molar-refractivity contribution >= 4 is 11.9 Å². The Balaban J connectivity index is 3.92. The summed E-state index contributed by atoms with van der Waals surface area (Å²) in [6, 6.07) is 0. The van der Waals surface area contributed by atoms with Crippen LogP contribution in [0.1, 0.15) is 13.3 Å². The Bertz CT molecular complexity index is 183. The molecule has 0 bridgehead atoms. The number of carboxylic acids is 1. The van der Waals surface area contributed by atoms with Gasteiger partial charge in [0.1, 0.15) is 0 Å². The predicted molar refractivity (Wildman–Crippen MR) is 35.2 cm³/mol. The van der Waals surface area contributed by atoms with Gasteiger partial charge in [-0.15, -0.1) is 0 Å². The van der Waals surface area contributed by atoms with E-state index in [-0.39, 0.29) is 12.0 Å². The molecular formula is C6H9NO3. The number of amides is 1. The maximum absolute atomic E-state index is 10.3. The number of carbonyl (C=O) groups excluding carboxylic acids is 1. The summed E-state index contributed by atoms with van der Waals surface area (Å²) >= 11 is 0. The van der Waals surface area contributed by atoms with Gasteiger partial charge in [-0.05, 0) is 6.92 Å². The Morgan fingerprint density at radius 3 is 2.40 bits per heavy atom. The average Bonchev–Trinajstić information content (AvgIpc) is 1.82. The lowest BCUT2D eigenvalue weighted by atomic mass is 10.2. The molecule has 0 atom stereocenters. The molecule has 0 aliphatic carbocycles. The average molecular weight is 143 g/mol. The van der Waals surface area contributed by atoms with E-state index in [2.05, 4.69) is 0 Å². The van der Waals surface area contributed by atoms with Crippen LogP contribution in [0.5, 0.6) is 0 Å². The van der Waals surface area contributed by atoms with Gasteiger partial charge >= 0.3 is 5.97 Å². The van der Waals surface area contributed by atoms with Crippen LogP contribution in [0, 0.1) is 0 Å². The molecule has 0 saturated heterocycles. The van der Waals surface area contributed by atoms with E-state index in [0.29, 0.717) is 0 Å². The summed E-state index contributed by atoms with van der Waals surface area (Å²) in [4.78, 5) is 20.2. The number of carbonyl (C=O) groups is 2. The van der Waals surface area contributed by atoms with E-state index >= 15 is 0 Å². The molecule has 1 amide bonds. The molecule has 0 aliphatic rings. The highest BCUT2D eigenvalue weighted by molar-refractivity contribution is 5.91. The Kier molecular flexibility index (Phi) is 3.17. The molecule has 0 radical (unpaired) electrons. The number of hydrogen-bond acceptors (Lipinski definition) is 2. The van der Waals surface area contributed by atoms with Gasteiger partial charge in [-0.3, -0.25) is 9.59 Å². The summed E-state index contributed by atoms with van der Waals surface area (Å²) in [6.07, 6.45) is 1.12. The van der Waals surface area contributed by atoms with Crippen LogP contribution in [-0.2, 0) is 9.59 Å². The van der Waals surface area contributed by atoms with E-state index in [9.17, 15) is 9.59 Å². The van der Waals surface area contributed by atoms with Crippen LogP contribution < -0.4 is 5.73 Å². The third kappa shape index (κ3) is 3.65. The van der Waals surface area contributed by atoms with E-state index in [1.54, 1.807) is 0 Å². The minimum absolute atomic E-state index is 0.158. The molecule has 3 N–H and O–H groups in total. The van der Waals surface area contributed by atoms with Gasteiger partial charge in [0.05, 0.1) is 6.42 Å². The summed E-state index contributed by atoms with van der Waals surface area (Å²) in [5.41, 5.74) is 5.10. The largest absolute Gasteiger partial charge is 0.481 e. The van der Waals surface area contributed by atoms with Crippen molar-refractivity contribution in [2.24, 2.45) is 5.73 Å². The molecule has 4 heteroatoms. The topological polar surface area (TPSA) is 80.4 Å². The third-order valence-electron chi connectivity index (χ3n) is 0.972. The lowest BCUT2D eigenvalue weighted by Crippen LogP contribution is -2.11. The van der Waals surface area contributed by atoms with Crippen LogP contribution in [0.25, 0.3) is 0 Å². The molecule has 0 heterocycles. The van der Waals surface area contributed by atoms with Crippen LogP contribution >= 0.6 is 0 Å². The molecule has 56 valence electrons. The zero-order chi connectivity index (χ0) is 8.15. The van der Waals surface area contributed by atoms with Crippen LogP contribution in [0.4, 0.5) is 0 Å². The Morgan fingerprint density at radius 1 is 1.60 bits per heavy atom. The van der Waals surface area contributed by atoms with Crippen molar-refractivity contribution in [3.63, 3.8) is 0 Å². The number of aliphatic carboxylic acids is 1. The molecule has 10 heavy (non-hydrogen) atoms. The molecule has 0 spiro atoms. The van der Waals surface area contributed by atoms with E-state index in [1.165, 1.54) is 13.0 Å². The fourth-order valence-electron chi connectivity index (χ4n) is 0.341. The summed E-state index contributed by atoms with van der Waals surface area (Å²) in [5, 5.41) is 8.15. The zero-order valence-corrected chi connectivity index (χ0v) is 5.63. The summed E-state index contributed by atoms with van der Waals surface area (Å²) in [7, 11) is 0. The monoisotopic (exact) mass is 143 g/mol. The molecular weight excluding hydrogens is 134 g/mol. The molecule has 0 aromatic carbocycles. The fourth-order valence-corrected chi connectivity index (χ4v) is 0.341. The molecule has 0 aromatic heterocycles. The van der Waals surface area contributed by atoms with Crippen LogP contribution in [0.15, 0.2) is 11.6 Å². The van der Waals surface area contributed by atoms with E-state index in [4.69, 9.17) is 10.8 Å². The van der Waals surface area contributed by atoms with E-state index in [0.717, 1.165) is 0 Å². The number of rotatable bonds is 3. The summed E-state index contributed by atoms with van der Waals surface area (Å²) in [5.74, 6) is -1.55. The van der Waals surface area contributed by atoms with Gasteiger partial charge in [0, 0.05) is 5.57 Å². The molecule has 0 aromatic rings. The second-order valence-corrected chi connectivity index (χ2v) is 1.85. The molecule has 0 fully saturated rings. The van der Waals surface area contributed by atoms with Gasteiger partial charge < -0.3 is 10.8 Å². The van der Waals surface area contributed by atoms with Crippen LogP contribution in [-0.4, -0.2) is 17.0 Å². The Labute approximate surface area is 58.3 Å². The quantitative estimate of drug-likeness (QED) is 0.541. The highest BCUT2D eigenvalue weighted by Gasteiger charge is 1.97. The summed E-state index contributed by atoms with van der Waals surface area (Å²) < 4.78 is 0. The van der Waals surface area contributed by atoms with Crippen molar-refractivity contribution in [2.75, 3.05) is 0 Å². The van der Waals surface area contributed by atoms with Crippen molar-refractivity contribution < 1.29 is 14.7 Å². The molecule has 0 rings (SSSR count). The van der Waals surface area contributed by atoms with Crippen molar-refractivity contribution in [1.82, 2.24) is 0 Å². The van der Waals surface area contributed by atoms with Crippen LogP contribution in [0.3, 0.4) is 0 Å². The number of carboxylic acid groups (broad SMARTS) is 1. The standard InChI is InChI=1S/C6H9NO3/c1-4(6(7)10)2-3-5(8)9/h2H,3H2,1H3,(H2,7,10)(H,8,9). The lowest BCUT2D eigenvalue weighted by Gasteiger charge is -1.90. The third-order valence-corrected chi connectivity index (χ3v) is 0.972. The Morgan fingerprint density at radius 2 is 2.10 bits per heavy atom. The molecule has 4 nitrogen and oxygen atoms in total. The first-order valence-corrected chi connectivity index (χ1v) is 2.72. The molecule has 0 aliphatic heterocycles. The minimum Gasteiger partial charge on any atom is -0.481 e. The van der Waals surface area contributed by atoms with Crippen LogP contribution in [0.2, 0.25) is 0 Å². The van der Waals surface area contributed by atoms with E-state index < -0.39 is 11.9 Å². The first-order chi connectivity index (χ1) is 4.54. The smallest absolute Gasteiger partial charge is 0.307 e. The van der Waals surface area contributed by atoms with Crippen molar-refractivity contribution in [3.8, 4) is 0 Å². The summed E-state index contributed by atoms with van der Waals surface area (Å²) in [6.45, 7) is 1.48. The van der Waals surface area contributed by atoms with Crippen molar-refractivity contribution in [1.29, 1.82) is 0 Å². The van der Waals surface area contributed by atoms with Gasteiger partial charge in [0.25, 0.3) is 0 Å².